The first-order valence-corrected chi connectivity index (χ1v) is 9.27. The average Bonchev–Trinajstić information content (AvgIpc) is 3.35. The van der Waals surface area contributed by atoms with Gasteiger partial charge in [-0.05, 0) is 68.4 Å². The van der Waals surface area contributed by atoms with Crippen molar-refractivity contribution >= 4 is 17.5 Å². The molecule has 2 unspecified atom stereocenters. The second kappa shape index (κ2) is 7.45. The summed E-state index contributed by atoms with van der Waals surface area (Å²) in [5.74, 6) is 4.95. The minimum absolute atomic E-state index is 0.0736. The SMILES string of the molecule is CC#Cc1cc(C)c(C2C(=O)CC(CC(=O)NCC3CC3)C2=O)c(C)c1. The van der Waals surface area contributed by atoms with Gasteiger partial charge in [-0.15, -0.1) is 5.92 Å². The van der Waals surface area contributed by atoms with Gasteiger partial charge in [-0.2, -0.15) is 0 Å². The number of hydrogen-bond donors (Lipinski definition) is 1. The van der Waals surface area contributed by atoms with E-state index >= 15 is 0 Å². The van der Waals surface area contributed by atoms with Crippen LogP contribution in [0.1, 0.15) is 60.8 Å². The molecule has 0 radical (unpaired) electrons. The molecule has 0 heterocycles. The van der Waals surface area contributed by atoms with Gasteiger partial charge in [0, 0.05) is 30.9 Å². The zero-order valence-electron chi connectivity index (χ0n) is 15.6. The van der Waals surface area contributed by atoms with Gasteiger partial charge >= 0.3 is 0 Å². The molecule has 0 saturated heterocycles. The van der Waals surface area contributed by atoms with E-state index in [-0.39, 0.29) is 30.3 Å². The number of carbonyl (C=O) groups excluding carboxylic acids is 3. The molecule has 1 aromatic rings. The number of nitrogens with one attached hydrogen (secondary N) is 1. The second-order valence-electron chi connectivity index (χ2n) is 7.55. The second-order valence-corrected chi connectivity index (χ2v) is 7.55. The van der Waals surface area contributed by atoms with Crippen LogP contribution in [0.2, 0.25) is 0 Å². The molecule has 1 aromatic carbocycles. The fourth-order valence-electron chi connectivity index (χ4n) is 3.85. The fourth-order valence-corrected chi connectivity index (χ4v) is 3.85. The molecule has 136 valence electrons. The Hall–Kier alpha value is -2.41. The molecule has 0 spiro atoms. The third kappa shape index (κ3) is 3.88. The van der Waals surface area contributed by atoms with Crippen molar-refractivity contribution in [1.82, 2.24) is 5.32 Å². The van der Waals surface area contributed by atoms with Crippen LogP contribution in [0, 0.1) is 37.5 Å². The highest BCUT2D eigenvalue weighted by Crippen LogP contribution is 2.37. The smallest absolute Gasteiger partial charge is 0.220 e. The molecule has 1 N–H and O–H groups in total. The summed E-state index contributed by atoms with van der Waals surface area (Å²) in [4.78, 5) is 37.6. The van der Waals surface area contributed by atoms with Crippen LogP contribution in [0.4, 0.5) is 0 Å². The molecule has 1 amide bonds. The van der Waals surface area contributed by atoms with Gasteiger partial charge in [0.25, 0.3) is 0 Å². The van der Waals surface area contributed by atoms with E-state index in [0.717, 1.165) is 22.3 Å². The number of hydrogen-bond acceptors (Lipinski definition) is 3. The van der Waals surface area contributed by atoms with Crippen molar-refractivity contribution in [1.29, 1.82) is 0 Å². The van der Waals surface area contributed by atoms with Crippen molar-refractivity contribution in [2.75, 3.05) is 6.54 Å². The summed E-state index contributed by atoms with van der Waals surface area (Å²) < 4.78 is 0. The highest BCUT2D eigenvalue weighted by atomic mass is 16.2. The fraction of sp³-hybridized carbons (Fsp3) is 0.500. The Morgan fingerprint density at radius 1 is 1.19 bits per heavy atom. The molecule has 2 atom stereocenters. The molecule has 2 aliphatic rings. The number of ketones is 2. The molecule has 4 nitrogen and oxygen atoms in total. The molecular formula is C22H25NO3. The van der Waals surface area contributed by atoms with Crippen molar-refractivity contribution in [3.63, 3.8) is 0 Å². The van der Waals surface area contributed by atoms with Crippen LogP contribution in [0.5, 0.6) is 0 Å². The van der Waals surface area contributed by atoms with Crippen LogP contribution in [-0.2, 0) is 14.4 Å². The average molecular weight is 351 g/mol. The van der Waals surface area contributed by atoms with Crippen molar-refractivity contribution in [3.8, 4) is 11.8 Å². The lowest BCUT2D eigenvalue weighted by Gasteiger charge is -2.16. The Morgan fingerprint density at radius 2 is 1.85 bits per heavy atom. The van der Waals surface area contributed by atoms with Crippen LogP contribution in [0.15, 0.2) is 12.1 Å². The highest BCUT2D eigenvalue weighted by molar-refractivity contribution is 6.15. The zero-order valence-corrected chi connectivity index (χ0v) is 15.6. The maximum atomic E-state index is 12.9. The molecule has 2 aliphatic carbocycles. The minimum Gasteiger partial charge on any atom is -0.356 e. The standard InChI is InChI=1S/C22H25NO3/c1-4-5-16-8-13(2)20(14(3)9-16)21-18(24)10-17(22(21)26)11-19(25)23-12-15-6-7-15/h8-9,15,17,21H,6-7,10-12H2,1-3H3,(H,23,25). The maximum absolute atomic E-state index is 12.9. The lowest BCUT2D eigenvalue weighted by atomic mass is 9.86. The van der Waals surface area contributed by atoms with Crippen LogP contribution in [-0.4, -0.2) is 24.0 Å². The van der Waals surface area contributed by atoms with Crippen LogP contribution < -0.4 is 5.32 Å². The van der Waals surface area contributed by atoms with Crippen molar-refractivity contribution < 1.29 is 14.4 Å². The van der Waals surface area contributed by atoms with Gasteiger partial charge in [0.05, 0.1) is 0 Å². The van der Waals surface area contributed by atoms with Gasteiger partial charge in [0.1, 0.15) is 11.7 Å². The van der Waals surface area contributed by atoms with E-state index in [2.05, 4.69) is 17.2 Å². The summed E-state index contributed by atoms with van der Waals surface area (Å²) in [6.45, 7) is 6.30. The van der Waals surface area contributed by atoms with Gasteiger partial charge in [-0.1, -0.05) is 5.92 Å². The lowest BCUT2D eigenvalue weighted by Crippen LogP contribution is -2.29. The maximum Gasteiger partial charge on any atom is 0.220 e. The van der Waals surface area contributed by atoms with E-state index in [4.69, 9.17) is 0 Å². The Kier molecular flexibility index (Phi) is 5.27. The van der Waals surface area contributed by atoms with E-state index in [1.165, 1.54) is 12.8 Å². The largest absolute Gasteiger partial charge is 0.356 e. The Balaban J connectivity index is 1.76. The van der Waals surface area contributed by atoms with E-state index in [0.29, 0.717) is 12.5 Å². The topological polar surface area (TPSA) is 63.2 Å². The summed E-state index contributed by atoms with van der Waals surface area (Å²) in [7, 11) is 0. The third-order valence-corrected chi connectivity index (χ3v) is 5.32. The summed E-state index contributed by atoms with van der Waals surface area (Å²) in [5.41, 5.74) is 3.50. The van der Waals surface area contributed by atoms with Crippen LogP contribution in [0.3, 0.4) is 0 Å². The summed E-state index contributed by atoms with van der Waals surface area (Å²) in [5, 5.41) is 2.89. The molecule has 26 heavy (non-hydrogen) atoms. The Bertz CT molecular complexity index is 801. The first-order chi connectivity index (χ1) is 12.4. The molecule has 2 saturated carbocycles. The first kappa shape index (κ1) is 18.4. The van der Waals surface area contributed by atoms with Crippen molar-refractivity contribution in [3.05, 3.63) is 34.4 Å². The van der Waals surface area contributed by atoms with Crippen LogP contribution >= 0.6 is 0 Å². The van der Waals surface area contributed by atoms with Gasteiger partial charge in [0.2, 0.25) is 5.91 Å². The van der Waals surface area contributed by atoms with Gasteiger partial charge in [-0.3, -0.25) is 14.4 Å². The Labute approximate surface area is 154 Å². The first-order valence-electron chi connectivity index (χ1n) is 9.27. The number of benzene rings is 1. The minimum atomic E-state index is -0.736. The number of carbonyl (C=O) groups is 3. The lowest BCUT2D eigenvalue weighted by molar-refractivity contribution is -0.128. The normalized spacial score (nSPS) is 22.1. The highest BCUT2D eigenvalue weighted by Gasteiger charge is 2.43. The predicted molar refractivity (Wildman–Crippen MR) is 99.7 cm³/mol. The predicted octanol–water partition coefficient (Wildman–Crippen LogP) is 2.83. The van der Waals surface area contributed by atoms with Crippen molar-refractivity contribution in [2.45, 2.75) is 52.4 Å². The molecular weight excluding hydrogens is 326 g/mol. The summed E-state index contributed by atoms with van der Waals surface area (Å²) >= 11 is 0. The number of amides is 1. The van der Waals surface area contributed by atoms with E-state index in [9.17, 15) is 14.4 Å². The van der Waals surface area contributed by atoms with E-state index in [1.807, 2.05) is 26.0 Å². The monoisotopic (exact) mass is 351 g/mol. The van der Waals surface area contributed by atoms with E-state index in [1.54, 1.807) is 6.92 Å². The quantitative estimate of drug-likeness (QED) is 0.655. The number of Topliss-reactive ketones (excluding diaryl/α,β-unsaturated/α-hetero) is 2. The number of rotatable bonds is 5. The summed E-state index contributed by atoms with van der Waals surface area (Å²) in [6.07, 6.45) is 2.61. The van der Waals surface area contributed by atoms with Crippen molar-refractivity contribution in [2.24, 2.45) is 11.8 Å². The van der Waals surface area contributed by atoms with E-state index < -0.39 is 11.8 Å². The van der Waals surface area contributed by atoms with Gasteiger partial charge in [0.15, 0.2) is 5.78 Å². The van der Waals surface area contributed by atoms with Crippen LogP contribution in [0.25, 0.3) is 0 Å². The molecule has 2 fully saturated rings. The molecule has 0 bridgehead atoms. The Morgan fingerprint density at radius 3 is 2.42 bits per heavy atom. The summed E-state index contributed by atoms with van der Waals surface area (Å²) in [6, 6.07) is 3.85. The zero-order chi connectivity index (χ0) is 18.8. The third-order valence-electron chi connectivity index (χ3n) is 5.32. The van der Waals surface area contributed by atoms with Gasteiger partial charge in [-0.25, -0.2) is 0 Å². The molecule has 0 aromatic heterocycles. The number of aryl methyl sites for hydroxylation is 2. The van der Waals surface area contributed by atoms with Gasteiger partial charge < -0.3 is 5.32 Å². The molecule has 0 aliphatic heterocycles. The molecule has 4 heteroatoms. The molecule has 3 rings (SSSR count).